The Morgan fingerprint density at radius 1 is 1.38 bits per heavy atom. The molecule has 37 heavy (non-hydrogen) atoms. The van der Waals surface area contributed by atoms with Gasteiger partial charge in [-0.15, -0.1) is 11.3 Å². The first-order valence-electron chi connectivity index (χ1n) is 11.8. The lowest BCUT2D eigenvalue weighted by Crippen LogP contribution is -2.14. The van der Waals surface area contributed by atoms with Gasteiger partial charge in [-0.1, -0.05) is 32.6 Å². The molecule has 0 atom stereocenters. The molecule has 10 heteroatoms. The minimum Gasteiger partial charge on any atom is -0.372 e. The Morgan fingerprint density at radius 2 is 2.11 bits per heavy atom. The highest BCUT2D eigenvalue weighted by Gasteiger charge is 2.30. The number of fused-ring (bicyclic) bond motifs is 3. The number of aryl methyl sites for hydroxylation is 2. The van der Waals surface area contributed by atoms with E-state index in [1.165, 1.54) is 6.07 Å². The molecule has 0 radical (unpaired) electrons. The van der Waals surface area contributed by atoms with Crippen LogP contribution in [0, 0.1) is 18.7 Å². The number of primary amides is 1. The van der Waals surface area contributed by atoms with Crippen molar-refractivity contribution in [2.45, 2.75) is 40.0 Å². The summed E-state index contributed by atoms with van der Waals surface area (Å²) in [5.74, 6) is -0.380. The summed E-state index contributed by atoms with van der Waals surface area (Å²) in [6.07, 6.45) is 7.48. The van der Waals surface area contributed by atoms with E-state index >= 15 is 4.39 Å². The van der Waals surface area contributed by atoms with Gasteiger partial charge in [0.05, 0.1) is 27.0 Å². The second kappa shape index (κ2) is 12.4. The van der Waals surface area contributed by atoms with E-state index in [1.807, 2.05) is 26.8 Å². The number of halogens is 1. The summed E-state index contributed by atoms with van der Waals surface area (Å²) in [6, 6.07) is 4.71. The van der Waals surface area contributed by atoms with Gasteiger partial charge >= 0.3 is 0 Å². The molecule has 0 saturated carbocycles. The van der Waals surface area contributed by atoms with Crippen LogP contribution in [0.5, 0.6) is 0 Å². The molecule has 4 rings (SSSR count). The Hall–Kier alpha value is -3.92. The monoisotopic (exact) mass is 522 g/mol. The zero-order valence-electron chi connectivity index (χ0n) is 21.4. The molecule has 0 aliphatic heterocycles. The van der Waals surface area contributed by atoms with Crippen LogP contribution in [-0.4, -0.2) is 40.3 Å². The second-order valence-corrected chi connectivity index (χ2v) is 9.99. The van der Waals surface area contributed by atoms with E-state index in [0.717, 1.165) is 50.9 Å². The van der Waals surface area contributed by atoms with E-state index in [2.05, 4.69) is 27.6 Å². The zero-order valence-corrected chi connectivity index (χ0v) is 22.2. The number of hydrogen-bond acceptors (Lipinski definition) is 6. The van der Waals surface area contributed by atoms with Gasteiger partial charge in [-0.25, -0.2) is 14.1 Å². The molecule has 2 amide bonds. The van der Waals surface area contributed by atoms with Crippen LogP contribution in [0.1, 0.15) is 42.2 Å². The fourth-order valence-electron chi connectivity index (χ4n) is 4.18. The second-order valence-electron chi connectivity index (χ2n) is 8.79. The normalized spacial score (nSPS) is 12.5. The molecule has 1 aliphatic carbocycles. The molecule has 194 valence electrons. The van der Waals surface area contributed by atoms with Crippen LogP contribution in [0.2, 0.25) is 0 Å². The van der Waals surface area contributed by atoms with Crippen molar-refractivity contribution < 1.29 is 14.0 Å². The lowest BCUT2D eigenvalue weighted by Gasteiger charge is -2.15. The van der Waals surface area contributed by atoms with Crippen molar-refractivity contribution in [3.63, 3.8) is 0 Å². The van der Waals surface area contributed by atoms with E-state index in [4.69, 9.17) is 9.89 Å². The largest absolute Gasteiger partial charge is 0.372 e. The Kier molecular flexibility index (Phi) is 9.24. The molecule has 8 nitrogen and oxygen atoms in total. The summed E-state index contributed by atoms with van der Waals surface area (Å²) in [6.45, 7) is 9.73. The number of allylic oxidation sites excluding steroid dienone is 3. The number of amides is 2. The van der Waals surface area contributed by atoms with Crippen LogP contribution in [0.4, 0.5) is 10.1 Å². The van der Waals surface area contributed by atoms with E-state index < -0.39 is 5.82 Å². The van der Waals surface area contributed by atoms with Gasteiger partial charge in [0.15, 0.2) is 5.82 Å². The fraction of sp³-hybridized carbons (Fsp3) is 0.296. The Balaban J connectivity index is 0.00000121. The maximum atomic E-state index is 15.4. The third-order valence-corrected chi connectivity index (χ3v) is 6.53. The topological polar surface area (TPSA) is 115 Å². The van der Waals surface area contributed by atoms with Gasteiger partial charge in [0.1, 0.15) is 5.69 Å². The number of thiazole rings is 1. The van der Waals surface area contributed by atoms with Gasteiger partial charge in [-0.2, -0.15) is 5.10 Å². The predicted molar refractivity (Wildman–Crippen MR) is 148 cm³/mol. The minimum atomic E-state index is -0.467. The highest BCUT2D eigenvalue weighted by Crippen LogP contribution is 2.42. The molecule has 0 spiro atoms. The van der Waals surface area contributed by atoms with Crippen LogP contribution in [-0.2, 0) is 22.4 Å². The summed E-state index contributed by atoms with van der Waals surface area (Å²) in [7, 11) is 1.71. The third-order valence-electron chi connectivity index (χ3n) is 5.51. The van der Waals surface area contributed by atoms with Crippen LogP contribution in [0.15, 0.2) is 41.9 Å². The molecule has 3 N–H and O–H groups in total. The number of hydrogen-bond donors (Lipinski definition) is 2. The molecule has 0 saturated heterocycles. The number of carbonyl (C=O) groups excluding carboxylic acids is 2. The molecule has 2 heterocycles. The van der Waals surface area contributed by atoms with Gasteiger partial charge < -0.3 is 11.1 Å². The number of aromatic nitrogens is 3. The van der Waals surface area contributed by atoms with Crippen molar-refractivity contribution in [2.75, 3.05) is 12.4 Å². The first-order valence-corrected chi connectivity index (χ1v) is 12.6. The third kappa shape index (κ3) is 6.26. The molecule has 1 aliphatic rings. The highest BCUT2D eigenvalue weighted by atomic mass is 32.1. The van der Waals surface area contributed by atoms with Gasteiger partial charge in [0, 0.05) is 36.5 Å². The Bertz CT molecular complexity index is 1370. The van der Waals surface area contributed by atoms with Gasteiger partial charge in [0.25, 0.3) is 0 Å². The molecule has 0 bridgehead atoms. The van der Waals surface area contributed by atoms with E-state index in [1.54, 1.807) is 47.5 Å². The number of nitrogens with two attached hydrogens (primary N) is 1. The summed E-state index contributed by atoms with van der Waals surface area (Å²) in [5.41, 5.74) is 9.39. The van der Waals surface area contributed by atoms with E-state index in [9.17, 15) is 4.79 Å². The van der Waals surface area contributed by atoms with E-state index in [-0.39, 0.29) is 18.2 Å². The van der Waals surface area contributed by atoms with E-state index in [0.29, 0.717) is 17.8 Å². The number of rotatable bonds is 7. The van der Waals surface area contributed by atoms with Crippen molar-refractivity contribution in [2.24, 2.45) is 16.6 Å². The molecule has 0 unspecified atom stereocenters. The summed E-state index contributed by atoms with van der Waals surface area (Å²) < 4.78 is 17.1. The zero-order chi connectivity index (χ0) is 27.1. The molecule has 2 aromatic heterocycles. The lowest BCUT2D eigenvalue weighted by atomic mass is 9.95. The smallest absolute Gasteiger partial charge is 0.224 e. The number of carbonyl (C=O) groups is 2. The molecule has 0 fully saturated rings. The maximum absolute atomic E-state index is 15.4. The highest BCUT2D eigenvalue weighted by molar-refractivity contribution is 7.15. The SMILES string of the molecule is C=C/C=C(\C=NC)c1nn(-c2ccc(NC(=O)CC(C)C)cc2F)c2c1CCc1nc(C)sc1-2.NC=O. The van der Waals surface area contributed by atoms with Crippen LogP contribution < -0.4 is 11.1 Å². The number of anilines is 1. The Morgan fingerprint density at radius 3 is 2.73 bits per heavy atom. The average molecular weight is 523 g/mol. The standard InChI is InChI=1S/C26H28FN5OS.CH3NO/c1-6-7-17(14-28-5)24-19-9-10-21-26(34-16(4)29-21)25(19)32(31-24)22-11-8-18(13-20(22)27)30-23(33)12-15(2)3;2-1-3/h6-8,11,13-15H,1,9-10,12H2,2-5H3,(H,30,33);1H,(H2,2,3)/b17-7+,28-14?;. The number of nitrogens with zero attached hydrogens (tertiary/aromatic N) is 4. The number of nitrogens with one attached hydrogen (secondary N) is 1. The number of benzene rings is 1. The van der Waals surface area contributed by atoms with Crippen LogP contribution in [0.3, 0.4) is 0 Å². The average Bonchev–Trinajstić information content (AvgIpc) is 3.39. The van der Waals surface area contributed by atoms with Crippen molar-refractivity contribution >= 4 is 41.1 Å². The molecule has 3 aromatic rings. The minimum absolute atomic E-state index is 0.135. The summed E-state index contributed by atoms with van der Waals surface area (Å²) in [4.78, 5) is 30.6. The maximum Gasteiger partial charge on any atom is 0.224 e. The molecular formula is C27H31FN6O2S. The summed E-state index contributed by atoms with van der Waals surface area (Å²) >= 11 is 1.59. The van der Waals surface area contributed by atoms with Gasteiger partial charge in [0.2, 0.25) is 12.3 Å². The van der Waals surface area contributed by atoms with Crippen molar-refractivity contribution in [3.05, 3.63) is 64.7 Å². The molecule has 1 aromatic carbocycles. The molecular weight excluding hydrogens is 491 g/mol. The fourth-order valence-corrected chi connectivity index (χ4v) is 5.21. The Labute approximate surface area is 219 Å². The lowest BCUT2D eigenvalue weighted by molar-refractivity contribution is -0.116. The quantitative estimate of drug-likeness (QED) is 0.261. The van der Waals surface area contributed by atoms with Crippen molar-refractivity contribution in [1.82, 2.24) is 14.8 Å². The van der Waals surface area contributed by atoms with Crippen molar-refractivity contribution in [1.29, 1.82) is 0 Å². The first-order chi connectivity index (χ1) is 17.7. The van der Waals surface area contributed by atoms with Gasteiger partial charge in [-0.3, -0.25) is 14.6 Å². The van der Waals surface area contributed by atoms with Crippen LogP contribution >= 0.6 is 11.3 Å². The first kappa shape index (κ1) is 27.7. The van der Waals surface area contributed by atoms with Gasteiger partial charge in [-0.05, 0) is 43.9 Å². The number of aliphatic imine (C=N–C) groups is 1. The van der Waals surface area contributed by atoms with Crippen molar-refractivity contribution in [3.8, 4) is 16.3 Å². The predicted octanol–water partition coefficient (Wildman–Crippen LogP) is 4.90. The summed E-state index contributed by atoms with van der Waals surface area (Å²) in [5, 5.41) is 8.60. The van der Waals surface area contributed by atoms with Crippen LogP contribution in [0.25, 0.3) is 21.8 Å².